The van der Waals surface area contributed by atoms with E-state index >= 15 is 0 Å². The highest BCUT2D eigenvalue weighted by Gasteiger charge is 2.57. The third-order valence-corrected chi connectivity index (χ3v) is 5.63. The van der Waals surface area contributed by atoms with Crippen LogP contribution in [0.25, 0.3) is 0 Å². The van der Waals surface area contributed by atoms with E-state index in [9.17, 15) is 0 Å². The van der Waals surface area contributed by atoms with E-state index in [4.69, 9.17) is 9.47 Å². The molecule has 1 fully saturated rings. The third kappa shape index (κ3) is 2.47. The van der Waals surface area contributed by atoms with E-state index in [2.05, 4.69) is 41.7 Å². The van der Waals surface area contributed by atoms with Crippen LogP contribution in [-0.2, 0) is 18.4 Å². The summed E-state index contributed by atoms with van der Waals surface area (Å²) in [6.45, 7) is 2.19. The van der Waals surface area contributed by atoms with Crippen molar-refractivity contribution in [2.75, 3.05) is 13.2 Å². The molecule has 1 saturated carbocycles. The second-order valence-corrected chi connectivity index (χ2v) is 6.93. The zero-order chi connectivity index (χ0) is 15.3. The van der Waals surface area contributed by atoms with Gasteiger partial charge in [-0.3, -0.25) is 0 Å². The van der Waals surface area contributed by atoms with Gasteiger partial charge in [0.2, 0.25) is 0 Å². The summed E-state index contributed by atoms with van der Waals surface area (Å²) < 4.78 is 11.3. The van der Waals surface area contributed by atoms with E-state index < -0.39 is 0 Å². The zero-order valence-electron chi connectivity index (χ0n) is 13.6. The molecule has 2 aromatic carbocycles. The fourth-order valence-electron chi connectivity index (χ4n) is 4.30. The second-order valence-electron chi connectivity index (χ2n) is 6.93. The van der Waals surface area contributed by atoms with E-state index in [1.807, 2.05) is 6.07 Å². The van der Waals surface area contributed by atoms with E-state index in [0.717, 1.165) is 18.0 Å². The molecular formula is C20H22ClNO2. The Morgan fingerprint density at radius 3 is 2.79 bits per heavy atom. The van der Waals surface area contributed by atoms with Gasteiger partial charge in [-0.25, -0.2) is 0 Å². The summed E-state index contributed by atoms with van der Waals surface area (Å²) in [7, 11) is 0. The van der Waals surface area contributed by atoms with E-state index in [1.165, 1.54) is 24.8 Å². The van der Waals surface area contributed by atoms with Crippen molar-refractivity contribution in [3.8, 4) is 11.5 Å². The summed E-state index contributed by atoms with van der Waals surface area (Å²) >= 11 is 0. The molecule has 1 aliphatic heterocycles. The molecule has 1 N–H and O–H groups in total. The molecular weight excluding hydrogens is 322 g/mol. The molecule has 2 atom stereocenters. The van der Waals surface area contributed by atoms with Crippen LogP contribution in [0.1, 0.15) is 29.5 Å². The Morgan fingerprint density at radius 2 is 1.88 bits per heavy atom. The molecule has 24 heavy (non-hydrogen) atoms. The van der Waals surface area contributed by atoms with Crippen LogP contribution in [0, 0.1) is 0 Å². The van der Waals surface area contributed by atoms with Crippen molar-refractivity contribution < 1.29 is 9.47 Å². The molecule has 2 aromatic rings. The lowest BCUT2D eigenvalue weighted by molar-refractivity contribution is 0.171. The fraction of sp³-hybridized carbons (Fsp3) is 0.400. The molecule has 2 aliphatic carbocycles. The van der Waals surface area contributed by atoms with Crippen molar-refractivity contribution in [3.63, 3.8) is 0 Å². The van der Waals surface area contributed by atoms with Crippen LogP contribution in [0.5, 0.6) is 11.5 Å². The summed E-state index contributed by atoms with van der Waals surface area (Å²) in [5.74, 6) is 1.75. The standard InChI is InChI=1S/C20H21NO2.ClH/c1-2-4-16-15(3-1)7-8-20(16)12-19(20)21-13-14-5-6-17-18(11-14)23-10-9-22-17;/h1-6,11,19,21H,7-10,12-13H2;1H/t19-,20-;/m1./s1. The lowest BCUT2D eigenvalue weighted by atomic mass is 9.97. The molecule has 0 saturated heterocycles. The van der Waals surface area contributed by atoms with Crippen molar-refractivity contribution in [3.05, 3.63) is 59.2 Å². The number of rotatable bonds is 3. The summed E-state index contributed by atoms with van der Waals surface area (Å²) in [5, 5.41) is 3.76. The molecule has 5 rings (SSSR count). The van der Waals surface area contributed by atoms with Gasteiger partial charge >= 0.3 is 0 Å². The van der Waals surface area contributed by atoms with Gasteiger partial charge in [0.1, 0.15) is 13.2 Å². The van der Waals surface area contributed by atoms with Gasteiger partial charge in [0, 0.05) is 18.0 Å². The lowest BCUT2D eigenvalue weighted by Gasteiger charge is -2.19. The number of nitrogens with one attached hydrogen (secondary N) is 1. The van der Waals surface area contributed by atoms with Crippen LogP contribution in [0.2, 0.25) is 0 Å². The van der Waals surface area contributed by atoms with Crippen LogP contribution in [0.3, 0.4) is 0 Å². The largest absolute Gasteiger partial charge is 0.486 e. The first-order valence-electron chi connectivity index (χ1n) is 8.55. The SMILES string of the molecule is Cl.c1ccc2c(c1)CC[C@@]21C[C@H]1NCc1ccc2c(c1)OCCO2. The Morgan fingerprint density at radius 1 is 1.04 bits per heavy atom. The molecule has 0 amide bonds. The Balaban J connectivity index is 0.00000146. The van der Waals surface area contributed by atoms with Crippen LogP contribution in [0.15, 0.2) is 42.5 Å². The summed E-state index contributed by atoms with van der Waals surface area (Å²) in [4.78, 5) is 0. The average molecular weight is 344 g/mol. The minimum Gasteiger partial charge on any atom is -0.486 e. The average Bonchev–Trinajstić information content (AvgIpc) is 3.19. The first-order valence-corrected chi connectivity index (χ1v) is 8.55. The van der Waals surface area contributed by atoms with Gasteiger partial charge in [0.15, 0.2) is 11.5 Å². The molecule has 0 aromatic heterocycles. The lowest BCUT2D eigenvalue weighted by Crippen LogP contribution is -2.24. The summed E-state index contributed by atoms with van der Waals surface area (Å²) in [6.07, 6.45) is 3.80. The van der Waals surface area contributed by atoms with Crippen molar-refractivity contribution >= 4 is 12.4 Å². The van der Waals surface area contributed by atoms with Gasteiger partial charge in [-0.05, 0) is 48.1 Å². The normalized spacial score (nSPS) is 25.9. The van der Waals surface area contributed by atoms with Crippen LogP contribution in [-0.4, -0.2) is 19.3 Å². The van der Waals surface area contributed by atoms with E-state index in [-0.39, 0.29) is 12.4 Å². The quantitative estimate of drug-likeness (QED) is 0.923. The smallest absolute Gasteiger partial charge is 0.161 e. The maximum absolute atomic E-state index is 5.67. The van der Waals surface area contributed by atoms with Gasteiger partial charge in [-0.1, -0.05) is 30.3 Å². The molecule has 3 aliphatic rings. The molecule has 0 radical (unpaired) electrons. The topological polar surface area (TPSA) is 30.5 Å². The summed E-state index contributed by atoms with van der Waals surface area (Å²) in [6, 6.07) is 15.9. The Labute approximate surface area is 148 Å². The first-order chi connectivity index (χ1) is 11.4. The van der Waals surface area contributed by atoms with Crippen molar-refractivity contribution in [1.29, 1.82) is 0 Å². The maximum Gasteiger partial charge on any atom is 0.161 e. The highest BCUT2D eigenvalue weighted by atomic mass is 35.5. The number of halogens is 1. The Hall–Kier alpha value is -1.71. The van der Waals surface area contributed by atoms with Crippen molar-refractivity contribution in [1.82, 2.24) is 5.32 Å². The number of fused-ring (bicyclic) bond motifs is 3. The summed E-state index contributed by atoms with van der Waals surface area (Å²) in [5.41, 5.74) is 4.81. The minimum absolute atomic E-state index is 0. The van der Waals surface area contributed by atoms with E-state index in [1.54, 1.807) is 11.1 Å². The highest BCUT2D eigenvalue weighted by Crippen LogP contribution is 2.56. The predicted molar refractivity (Wildman–Crippen MR) is 96.4 cm³/mol. The number of ether oxygens (including phenoxy) is 2. The van der Waals surface area contributed by atoms with Gasteiger partial charge in [-0.2, -0.15) is 0 Å². The van der Waals surface area contributed by atoms with Crippen LogP contribution in [0.4, 0.5) is 0 Å². The Kier molecular flexibility index (Phi) is 3.93. The molecule has 3 nitrogen and oxygen atoms in total. The second kappa shape index (κ2) is 5.98. The first kappa shape index (κ1) is 15.8. The molecule has 1 heterocycles. The van der Waals surface area contributed by atoms with Gasteiger partial charge < -0.3 is 14.8 Å². The van der Waals surface area contributed by atoms with Crippen LogP contribution >= 0.6 is 12.4 Å². The number of benzene rings is 2. The minimum atomic E-state index is 0. The number of hydrogen-bond acceptors (Lipinski definition) is 3. The zero-order valence-corrected chi connectivity index (χ0v) is 14.4. The maximum atomic E-state index is 5.67. The number of hydrogen-bond donors (Lipinski definition) is 1. The van der Waals surface area contributed by atoms with Crippen molar-refractivity contribution in [2.24, 2.45) is 0 Å². The van der Waals surface area contributed by atoms with E-state index in [0.29, 0.717) is 24.7 Å². The van der Waals surface area contributed by atoms with Crippen LogP contribution < -0.4 is 14.8 Å². The highest BCUT2D eigenvalue weighted by molar-refractivity contribution is 5.85. The Bertz CT molecular complexity index is 763. The molecule has 0 unspecified atom stereocenters. The van der Waals surface area contributed by atoms with Gasteiger partial charge in [0.25, 0.3) is 0 Å². The molecule has 1 spiro atoms. The van der Waals surface area contributed by atoms with Gasteiger partial charge in [0.05, 0.1) is 0 Å². The predicted octanol–water partition coefficient (Wildman–Crippen LogP) is 3.63. The molecule has 126 valence electrons. The fourth-order valence-corrected chi connectivity index (χ4v) is 4.30. The van der Waals surface area contributed by atoms with Gasteiger partial charge in [-0.15, -0.1) is 12.4 Å². The van der Waals surface area contributed by atoms with Crippen molar-refractivity contribution in [2.45, 2.75) is 37.3 Å². The molecule has 0 bridgehead atoms. The number of aryl methyl sites for hydroxylation is 1. The third-order valence-electron chi connectivity index (χ3n) is 5.63. The monoisotopic (exact) mass is 343 g/mol. The molecule has 4 heteroatoms.